The van der Waals surface area contributed by atoms with Gasteiger partial charge in [0.1, 0.15) is 5.75 Å². The molecule has 1 heterocycles. The Morgan fingerprint density at radius 2 is 1.96 bits per heavy atom. The van der Waals surface area contributed by atoms with E-state index in [0.717, 1.165) is 11.3 Å². The van der Waals surface area contributed by atoms with Crippen LogP contribution in [0, 0.1) is 5.92 Å². The molecule has 0 radical (unpaired) electrons. The van der Waals surface area contributed by atoms with Gasteiger partial charge in [0, 0.05) is 23.9 Å². The molecule has 1 aromatic carbocycles. The number of carbonyl (C=O) groups excluding carboxylic acids is 1. The molecule has 0 fully saturated rings. The largest absolute Gasteiger partial charge is 0.497 e. The summed E-state index contributed by atoms with van der Waals surface area (Å²) in [4.78, 5) is 27.6. The van der Waals surface area contributed by atoms with Gasteiger partial charge >= 0.3 is 5.97 Å². The number of amides is 1. The fourth-order valence-corrected chi connectivity index (χ4v) is 2.52. The van der Waals surface area contributed by atoms with E-state index in [2.05, 4.69) is 15.5 Å². The summed E-state index contributed by atoms with van der Waals surface area (Å²) in [5.74, 6) is 0.284. The van der Waals surface area contributed by atoms with E-state index in [1.54, 1.807) is 26.2 Å². The van der Waals surface area contributed by atoms with Gasteiger partial charge in [0.05, 0.1) is 13.5 Å². The maximum Gasteiger partial charge on any atom is 0.305 e. The first kappa shape index (κ1) is 20.4. The number of aliphatic carboxylic acids is 1. The van der Waals surface area contributed by atoms with Crippen molar-refractivity contribution in [2.75, 3.05) is 7.11 Å². The summed E-state index contributed by atoms with van der Waals surface area (Å²) in [7, 11) is 1.59. The van der Waals surface area contributed by atoms with E-state index in [4.69, 9.17) is 14.4 Å². The Kier molecular flexibility index (Phi) is 6.55. The van der Waals surface area contributed by atoms with Crippen LogP contribution >= 0.6 is 0 Å². The zero-order valence-electron chi connectivity index (χ0n) is 16.0. The Labute approximate surface area is 157 Å². The first-order chi connectivity index (χ1) is 12.7. The lowest BCUT2D eigenvalue weighted by Crippen LogP contribution is -2.51. The number of nitrogens with one attached hydrogen (secondary N) is 1. The maximum atomic E-state index is 12.3. The van der Waals surface area contributed by atoms with Crippen molar-refractivity contribution in [3.05, 3.63) is 30.2 Å². The van der Waals surface area contributed by atoms with Crippen molar-refractivity contribution in [2.24, 2.45) is 5.92 Å². The van der Waals surface area contributed by atoms with Crippen LogP contribution in [0.2, 0.25) is 0 Å². The highest BCUT2D eigenvalue weighted by Gasteiger charge is 2.32. The Morgan fingerprint density at radius 1 is 1.30 bits per heavy atom. The Bertz CT molecular complexity index is 785. The standard InChI is InChI=1S/C19H25N3O5/c1-12(2)19(3,11-17(24)25)21-15(23)9-10-16-20-18(22-27-16)13-5-7-14(26-4)8-6-13/h5-8,12H,9-11H2,1-4H3,(H,21,23)(H,24,25). The lowest BCUT2D eigenvalue weighted by Gasteiger charge is -2.33. The molecule has 2 aromatic rings. The summed E-state index contributed by atoms with van der Waals surface area (Å²) < 4.78 is 10.3. The van der Waals surface area contributed by atoms with Crippen molar-refractivity contribution in [1.29, 1.82) is 0 Å². The zero-order valence-corrected chi connectivity index (χ0v) is 16.0. The monoisotopic (exact) mass is 375 g/mol. The summed E-state index contributed by atoms with van der Waals surface area (Å²) in [6.45, 7) is 5.49. The van der Waals surface area contributed by atoms with Gasteiger partial charge in [-0.2, -0.15) is 4.98 Å². The molecule has 0 saturated heterocycles. The average molecular weight is 375 g/mol. The lowest BCUT2D eigenvalue weighted by atomic mass is 9.85. The summed E-state index contributed by atoms with van der Waals surface area (Å²) in [5.41, 5.74) is -0.0319. The van der Waals surface area contributed by atoms with E-state index >= 15 is 0 Å². The average Bonchev–Trinajstić information content (AvgIpc) is 3.08. The minimum absolute atomic E-state index is 0.0253. The van der Waals surface area contributed by atoms with Crippen molar-refractivity contribution in [2.45, 2.75) is 45.6 Å². The molecular weight excluding hydrogens is 350 g/mol. The maximum absolute atomic E-state index is 12.3. The first-order valence-electron chi connectivity index (χ1n) is 8.73. The third-order valence-electron chi connectivity index (χ3n) is 4.60. The topological polar surface area (TPSA) is 115 Å². The predicted molar refractivity (Wildman–Crippen MR) is 98.2 cm³/mol. The summed E-state index contributed by atoms with van der Waals surface area (Å²) in [6.07, 6.45) is 0.265. The quantitative estimate of drug-likeness (QED) is 0.692. The van der Waals surface area contributed by atoms with Gasteiger partial charge in [0.2, 0.25) is 17.6 Å². The van der Waals surface area contributed by atoms with Gasteiger partial charge in [-0.3, -0.25) is 9.59 Å². The number of methoxy groups -OCH3 is 1. The van der Waals surface area contributed by atoms with Crippen LogP contribution in [0.5, 0.6) is 5.75 Å². The van der Waals surface area contributed by atoms with Gasteiger partial charge in [-0.15, -0.1) is 0 Å². The van der Waals surface area contributed by atoms with Gasteiger partial charge in [-0.25, -0.2) is 0 Å². The Morgan fingerprint density at radius 3 is 2.52 bits per heavy atom. The van der Waals surface area contributed by atoms with E-state index in [-0.39, 0.29) is 31.1 Å². The molecule has 1 amide bonds. The number of aromatic nitrogens is 2. The number of aryl methyl sites for hydroxylation is 1. The minimum atomic E-state index is -0.951. The lowest BCUT2D eigenvalue weighted by molar-refractivity contribution is -0.139. The van der Waals surface area contributed by atoms with Crippen LogP contribution in [0.25, 0.3) is 11.4 Å². The molecule has 0 bridgehead atoms. The molecule has 0 aliphatic rings. The van der Waals surface area contributed by atoms with Crippen LogP contribution < -0.4 is 10.1 Å². The number of carbonyl (C=O) groups is 2. The molecule has 8 heteroatoms. The predicted octanol–water partition coefficient (Wildman–Crippen LogP) is 2.68. The van der Waals surface area contributed by atoms with Crippen molar-refractivity contribution >= 4 is 11.9 Å². The molecule has 0 aliphatic heterocycles. The van der Waals surface area contributed by atoms with Crippen LogP contribution in [0.3, 0.4) is 0 Å². The van der Waals surface area contributed by atoms with Gasteiger partial charge < -0.3 is 19.7 Å². The van der Waals surface area contributed by atoms with Gasteiger partial charge in [0.25, 0.3) is 0 Å². The fraction of sp³-hybridized carbons (Fsp3) is 0.474. The third-order valence-corrected chi connectivity index (χ3v) is 4.60. The second kappa shape index (κ2) is 8.66. The number of carboxylic acids is 1. The minimum Gasteiger partial charge on any atom is -0.497 e. The van der Waals surface area contributed by atoms with E-state index < -0.39 is 11.5 Å². The van der Waals surface area contributed by atoms with E-state index in [0.29, 0.717) is 11.7 Å². The first-order valence-corrected chi connectivity index (χ1v) is 8.73. The zero-order chi connectivity index (χ0) is 20.0. The molecule has 0 saturated carbocycles. The molecule has 2 rings (SSSR count). The highest BCUT2D eigenvalue weighted by Crippen LogP contribution is 2.22. The Balaban J connectivity index is 1.95. The molecule has 8 nitrogen and oxygen atoms in total. The van der Waals surface area contributed by atoms with Crippen molar-refractivity contribution in [3.63, 3.8) is 0 Å². The molecule has 1 unspecified atom stereocenters. The smallest absolute Gasteiger partial charge is 0.305 e. The van der Waals surface area contributed by atoms with Gasteiger partial charge in [-0.05, 0) is 37.1 Å². The second-order valence-electron chi connectivity index (χ2n) is 6.93. The van der Waals surface area contributed by atoms with Crippen molar-refractivity contribution < 1.29 is 24.0 Å². The highest BCUT2D eigenvalue weighted by molar-refractivity contribution is 5.78. The summed E-state index contributed by atoms with van der Waals surface area (Å²) in [6, 6.07) is 7.24. The number of carboxylic acid groups (broad SMARTS) is 1. The SMILES string of the molecule is COc1ccc(-c2noc(CCC(=O)NC(C)(CC(=O)O)C(C)C)n2)cc1. The van der Waals surface area contributed by atoms with E-state index in [1.807, 2.05) is 26.0 Å². The van der Waals surface area contributed by atoms with Crippen LogP contribution in [-0.2, 0) is 16.0 Å². The van der Waals surface area contributed by atoms with Crippen LogP contribution in [-0.4, -0.2) is 39.8 Å². The molecule has 146 valence electrons. The molecule has 0 aliphatic carbocycles. The number of benzene rings is 1. The molecule has 0 spiro atoms. The van der Waals surface area contributed by atoms with Crippen LogP contribution in [0.4, 0.5) is 0 Å². The van der Waals surface area contributed by atoms with Crippen molar-refractivity contribution in [3.8, 4) is 17.1 Å². The number of ether oxygens (including phenoxy) is 1. The van der Waals surface area contributed by atoms with E-state index in [1.165, 1.54) is 0 Å². The van der Waals surface area contributed by atoms with Gasteiger partial charge in [-0.1, -0.05) is 19.0 Å². The highest BCUT2D eigenvalue weighted by atomic mass is 16.5. The van der Waals surface area contributed by atoms with Gasteiger partial charge in [0.15, 0.2) is 0 Å². The third kappa shape index (κ3) is 5.54. The Hall–Kier alpha value is -2.90. The number of rotatable bonds is 9. The normalized spacial score (nSPS) is 13.2. The molecule has 27 heavy (non-hydrogen) atoms. The number of hydrogen-bond donors (Lipinski definition) is 2. The number of nitrogens with zero attached hydrogens (tertiary/aromatic N) is 2. The van der Waals surface area contributed by atoms with E-state index in [9.17, 15) is 9.59 Å². The van der Waals surface area contributed by atoms with Crippen LogP contribution in [0.15, 0.2) is 28.8 Å². The number of hydrogen-bond acceptors (Lipinski definition) is 6. The molecule has 1 atom stereocenters. The van der Waals surface area contributed by atoms with Crippen molar-refractivity contribution in [1.82, 2.24) is 15.5 Å². The second-order valence-corrected chi connectivity index (χ2v) is 6.93. The molecular formula is C19H25N3O5. The fourth-order valence-electron chi connectivity index (χ4n) is 2.52. The summed E-state index contributed by atoms with van der Waals surface area (Å²) >= 11 is 0. The molecule has 1 aromatic heterocycles. The molecule has 2 N–H and O–H groups in total. The van der Waals surface area contributed by atoms with Crippen LogP contribution in [0.1, 0.15) is 39.5 Å². The summed E-state index contributed by atoms with van der Waals surface area (Å²) in [5, 5.41) is 15.8.